The van der Waals surface area contributed by atoms with Gasteiger partial charge in [-0.05, 0) is 117 Å². The number of anilines is 2. The Labute approximate surface area is 389 Å². The molecule has 15 nitrogen and oxygen atoms in total. The lowest BCUT2D eigenvalue weighted by Gasteiger charge is -2.39. The molecule has 0 spiro atoms. The fourth-order valence-corrected chi connectivity index (χ4v) is 11.0. The molecule has 5 aromatic rings. The number of fused-ring (bicyclic) bond motifs is 2. The molecule has 348 valence electrons. The number of benzene rings is 3. The van der Waals surface area contributed by atoms with Crippen molar-refractivity contribution < 1.29 is 32.7 Å². The molecule has 1 saturated carbocycles. The first kappa shape index (κ1) is 45.5. The number of halogens is 1. The van der Waals surface area contributed by atoms with E-state index in [1.165, 1.54) is 35.0 Å². The maximum Gasteiger partial charge on any atom is 0.297 e. The number of allylic oxidation sites excluding steroid dienone is 1. The predicted octanol–water partition coefficient (Wildman–Crippen LogP) is 9.33. The molecule has 2 aliphatic carbocycles. The normalized spacial score (nSPS) is 22.3. The Balaban J connectivity index is 0.929. The van der Waals surface area contributed by atoms with Gasteiger partial charge in [0.25, 0.3) is 21.6 Å². The van der Waals surface area contributed by atoms with Crippen LogP contribution >= 0.6 is 11.6 Å². The monoisotopic (exact) mass is 937 g/mol. The molecule has 0 unspecified atom stereocenters. The predicted molar refractivity (Wildman–Crippen MR) is 255 cm³/mol. The van der Waals surface area contributed by atoms with Crippen LogP contribution in [0.4, 0.5) is 17.1 Å². The van der Waals surface area contributed by atoms with Crippen LogP contribution < -0.4 is 24.4 Å². The molecular formula is C49H56ClN7O8S. The van der Waals surface area contributed by atoms with Crippen molar-refractivity contribution in [3.8, 4) is 17.2 Å². The quantitative estimate of drug-likeness (QED) is 0.0686. The van der Waals surface area contributed by atoms with Crippen molar-refractivity contribution in [1.29, 1.82) is 0 Å². The van der Waals surface area contributed by atoms with Gasteiger partial charge in [-0.3, -0.25) is 19.8 Å². The summed E-state index contributed by atoms with van der Waals surface area (Å²) in [6.07, 6.45) is 10.1. The maximum atomic E-state index is 14.1. The number of aliphatic hydroxyl groups is 1. The SMILES string of the molecule is CC1(C)CCC(CN2CCN(c3ccc(C(=O)NS(=O)(=O)c4cc5c(c([N+](=O)[O-])c4)N[C@@H](CC4CCC(C)(O)CC4)CO5)c(Oc4cnc5[nH]ccc5c4)c3)CC2)=C(c2ccc(Cl)cc2)C1. The summed E-state index contributed by atoms with van der Waals surface area (Å²) in [5.74, 6) is -0.227. The molecule has 66 heavy (non-hydrogen) atoms. The van der Waals surface area contributed by atoms with Crippen LogP contribution in [0.1, 0.15) is 88.1 Å². The highest BCUT2D eigenvalue weighted by Gasteiger charge is 2.36. The van der Waals surface area contributed by atoms with Gasteiger partial charge in [0, 0.05) is 73.2 Å². The number of aromatic nitrogens is 2. The molecule has 3 aromatic carbocycles. The topological polar surface area (TPSA) is 192 Å². The average molecular weight is 939 g/mol. The van der Waals surface area contributed by atoms with Gasteiger partial charge in [0.15, 0.2) is 11.4 Å². The number of nitrogens with one attached hydrogen (secondary N) is 3. The van der Waals surface area contributed by atoms with E-state index in [0.29, 0.717) is 49.7 Å². The number of carbonyl (C=O) groups is 1. The number of pyridine rings is 1. The highest BCUT2D eigenvalue weighted by Crippen LogP contribution is 2.45. The number of hydrogen-bond acceptors (Lipinski definition) is 12. The molecular weight excluding hydrogens is 882 g/mol. The van der Waals surface area contributed by atoms with Crippen molar-refractivity contribution in [2.45, 2.75) is 88.7 Å². The van der Waals surface area contributed by atoms with Crippen molar-refractivity contribution in [3.63, 3.8) is 0 Å². The summed E-state index contributed by atoms with van der Waals surface area (Å²) >= 11 is 6.25. The molecule has 1 amide bonds. The van der Waals surface area contributed by atoms with Crippen molar-refractivity contribution in [1.82, 2.24) is 19.6 Å². The number of amides is 1. The Morgan fingerprint density at radius 1 is 1.03 bits per heavy atom. The molecule has 1 atom stereocenters. The zero-order chi connectivity index (χ0) is 46.4. The zero-order valence-corrected chi connectivity index (χ0v) is 39.0. The molecule has 2 aromatic heterocycles. The summed E-state index contributed by atoms with van der Waals surface area (Å²) in [5, 5.41) is 27.5. The summed E-state index contributed by atoms with van der Waals surface area (Å²) in [5.41, 5.74) is 4.61. The number of H-pyrrole nitrogens is 1. The third-order valence-electron chi connectivity index (χ3n) is 13.7. The van der Waals surface area contributed by atoms with Gasteiger partial charge < -0.3 is 29.8 Å². The first-order valence-corrected chi connectivity index (χ1v) is 24.5. The van der Waals surface area contributed by atoms with Gasteiger partial charge >= 0.3 is 0 Å². The van der Waals surface area contributed by atoms with E-state index in [0.717, 1.165) is 73.9 Å². The Hall–Kier alpha value is -5.68. The number of nitro benzene ring substituents is 1. The highest BCUT2D eigenvalue weighted by atomic mass is 35.5. The molecule has 0 bridgehead atoms. The largest absolute Gasteiger partial charge is 0.489 e. The van der Waals surface area contributed by atoms with Crippen molar-refractivity contribution >= 4 is 61.2 Å². The van der Waals surface area contributed by atoms with Crippen LogP contribution in [0.5, 0.6) is 17.2 Å². The summed E-state index contributed by atoms with van der Waals surface area (Å²) in [7, 11) is -4.67. The standard InChI is InChI=1S/C49H56ClN7O8S/c1-48(2)14-12-34(41(27-48)32-4-6-35(50)7-5-32)29-55-18-20-56(21-19-55)37-8-9-40(43(24-37)65-38-23-33-13-17-51-46(33)52-28-38)47(58)54-66(62,63)39-25-42(57(60)61)45-44(26-39)64-30-36(53-45)22-31-10-15-49(3,59)16-11-31/h4-9,13,17,23-26,28,31,36,53,59H,10-12,14-16,18-22,27,29-30H2,1-3H3,(H,51,52)(H,54,58)/t31?,36-,49?/m0/s1. The summed E-state index contributed by atoms with van der Waals surface area (Å²) < 4.78 is 42.3. The minimum absolute atomic E-state index is 0.00221. The minimum Gasteiger partial charge on any atom is -0.489 e. The van der Waals surface area contributed by atoms with Crippen LogP contribution in [0.3, 0.4) is 0 Å². The third kappa shape index (κ3) is 10.2. The maximum absolute atomic E-state index is 14.1. The number of aromatic amines is 1. The van der Waals surface area contributed by atoms with Crippen LogP contribution in [0, 0.1) is 21.4 Å². The minimum atomic E-state index is -4.67. The smallest absolute Gasteiger partial charge is 0.297 e. The van der Waals surface area contributed by atoms with E-state index in [1.807, 2.05) is 25.1 Å². The van der Waals surface area contributed by atoms with Crippen LogP contribution in [0.25, 0.3) is 16.6 Å². The molecule has 1 saturated heterocycles. The van der Waals surface area contributed by atoms with Gasteiger partial charge in [-0.15, -0.1) is 0 Å². The van der Waals surface area contributed by atoms with Crippen LogP contribution in [-0.2, 0) is 10.0 Å². The average Bonchev–Trinajstić information content (AvgIpc) is 3.76. The van der Waals surface area contributed by atoms with Gasteiger partial charge in [0.2, 0.25) is 0 Å². The van der Waals surface area contributed by atoms with Crippen LogP contribution in [0.15, 0.2) is 89.6 Å². The molecule has 4 heterocycles. The summed E-state index contributed by atoms with van der Waals surface area (Å²) in [6, 6.07) is 18.7. The first-order chi connectivity index (χ1) is 31.5. The molecule has 0 radical (unpaired) electrons. The fourth-order valence-electron chi connectivity index (χ4n) is 9.85. The molecule has 2 aliphatic heterocycles. The number of nitrogens with zero attached hydrogens (tertiary/aromatic N) is 4. The zero-order valence-electron chi connectivity index (χ0n) is 37.4. The molecule has 2 fully saturated rings. The third-order valence-corrected chi connectivity index (χ3v) is 15.3. The van der Waals surface area contributed by atoms with E-state index in [9.17, 15) is 28.4 Å². The lowest BCUT2D eigenvalue weighted by Crippen LogP contribution is -2.47. The number of nitro groups is 1. The van der Waals surface area contributed by atoms with E-state index in [2.05, 4.69) is 55.8 Å². The number of hydrogen-bond donors (Lipinski definition) is 4. The van der Waals surface area contributed by atoms with E-state index >= 15 is 0 Å². The Morgan fingerprint density at radius 2 is 1.79 bits per heavy atom. The Kier molecular flexibility index (Phi) is 12.5. The van der Waals surface area contributed by atoms with Gasteiger partial charge in [0.1, 0.15) is 23.8 Å². The van der Waals surface area contributed by atoms with Gasteiger partial charge in [-0.25, -0.2) is 18.1 Å². The van der Waals surface area contributed by atoms with Crippen LogP contribution in [-0.4, -0.2) is 90.2 Å². The Morgan fingerprint density at radius 3 is 2.53 bits per heavy atom. The fraction of sp³-hybridized carbons (Fsp3) is 0.429. The van der Waals surface area contributed by atoms with Gasteiger partial charge in [0.05, 0.1) is 33.2 Å². The van der Waals surface area contributed by atoms with E-state index in [4.69, 9.17) is 21.1 Å². The summed E-state index contributed by atoms with van der Waals surface area (Å²) in [6.45, 7) is 10.6. The first-order valence-electron chi connectivity index (χ1n) is 22.7. The van der Waals surface area contributed by atoms with E-state index < -0.39 is 37.0 Å². The number of ether oxygens (including phenoxy) is 2. The van der Waals surface area contributed by atoms with Crippen molar-refractivity contribution in [3.05, 3.63) is 111 Å². The molecule has 4 aliphatic rings. The van der Waals surface area contributed by atoms with E-state index in [1.54, 1.807) is 24.4 Å². The summed E-state index contributed by atoms with van der Waals surface area (Å²) in [4.78, 5) is 37.5. The Bertz CT molecular complexity index is 2790. The number of sulfonamides is 1. The second-order valence-electron chi connectivity index (χ2n) is 19.4. The van der Waals surface area contributed by atoms with Gasteiger partial charge in [-0.2, -0.15) is 0 Å². The van der Waals surface area contributed by atoms with E-state index in [-0.39, 0.29) is 40.8 Å². The molecule has 9 rings (SSSR count). The van der Waals surface area contributed by atoms with Crippen molar-refractivity contribution in [2.75, 3.05) is 49.5 Å². The second-order valence-corrected chi connectivity index (χ2v) is 21.5. The van der Waals surface area contributed by atoms with Crippen LogP contribution in [0.2, 0.25) is 5.02 Å². The lowest BCUT2D eigenvalue weighted by atomic mass is 9.72. The lowest BCUT2D eigenvalue weighted by molar-refractivity contribution is -0.384. The highest BCUT2D eigenvalue weighted by molar-refractivity contribution is 7.90. The second kappa shape index (κ2) is 18.2. The molecule has 4 N–H and O–H groups in total. The molecule has 17 heteroatoms. The number of carbonyl (C=O) groups excluding carboxylic acids is 1. The number of rotatable bonds is 12. The van der Waals surface area contributed by atoms with Gasteiger partial charge in [-0.1, -0.05) is 43.2 Å². The van der Waals surface area contributed by atoms with Crippen molar-refractivity contribution in [2.24, 2.45) is 11.3 Å². The number of piperazine rings is 1.